The van der Waals surface area contributed by atoms with Crippen LogP contribution in [0, 0.1) is 5.92 Å². The molecule has 6 heteroatoms. The Hall–Kier alpha value is 0.0900. The van der Waals surface area contributed by atoms with E-state index in [0.29, 0.717) is 5.92 Å². The average Bonchev–Trinajstić information content (AvgIpc) is 2.85. The van der Waals surface area contributed by atoms with Crippen LogP contribution in [-0.2, 0) is 9.84 Å². The minimum absolute atomic E-state index is 0.162. The van der Waals surface area contributed by atoms with Crippen LogP contribution in [0.4, 0.5) is 0 Å². The molecule has 0 bridgehead atoms. The standard InChI is InChI=1S/C15H24BrNO2S2/c1-3-7-17-15(14-9-12(16)10-20-14)11-5-4-6-13(8-11)21(2,18)19/h9-11,13,15,17H,3-8H2,1-2H3. The molecule has 0 aliphatic heterocycles. The van der Waals surface area contributed by atoms with Crippen molar-refractivity contribution in [2.75, 3.05) is 12.8 Å². The fourth-order valence-electron chi connectivity index (χ4n) is 3.16. The number of halogens is 1. The van der Waals surface area contributed by atoms with Gasteiger partial charge in [-0.05, 0) is 60.1 Å². The van der Waals surface area contributed by atoms with Crippen LogP contribution in [0.3, 0.4) is 0 Å². The summed E-state index contributed by atoms with van der Waals surface area (Å²) in [7, 11) is -2.92. The molecule has 120 valence electrons. The second-order valence-corrected chi connectivity index (χ2v) is 10.2. The van der Waals surface area contributed by atoms with E-state index >= 15 is 0 Å². The van der Waals surface area contributed by atoms with E-state index in [4.69, 9.17) is 0 Å². The Kier molecular flexibility index (Phi) is 6.29. The minimum atomic E-state index is -2.92. The number of rotatable bonds is 6. The molecule has 1 N–H and O–H groups in total. The first-order valence-electron chi connectivity index (χ1n) is 7.58. The first kappa shape index (κ1) is 17.4. The van der Waals surface area contributed by atoms with Crippen LogP contribution >= 0.6 is 27.3 Å². The van der Waals surface area contributed by atoms with E-state index in [1.54, 1.807) is 11.3 Å². The fourth-order valence-corrected chi connectivity index (χ4v) is 5.97. The van der Waals surface area contributed by atoms with Gasteiger partial charge in [0.2, 0.25) is 0 Å². The van der Waals surface area contributed by atoms with Crippen LogP contribution in [0.5, 0.6) is 0 Å². The van der Waals surface area contributed by atoms with Gasteiger partial charge < -0.3 is 5.32 Å². The quantitative estimate of drug-likeness (QED) is 0.788. The van der Waals surface area contributed by atoms with Crippen LogP contribution in [0.2, 0.25) is 0 Å². The molecule has 0 spiro atoms. The zero-order valence-corrected chi connectivity index (χ0v) is 15.9. The van der Waals surface area contributed by atoms with Crippen molar-refractivity contribution in [1.29, 1.82) is 0 Å². The smallest absolute Gasteiger partial charge is 0.150 e. The van der Waals surface area contributed by atoms with E-state index in [1.165, 1.54) is 11.1 Å². The first-order chi connectivity index (χ1) is 9.91. The van der Waals surface area contributed by atoms with Gasteiger partial charge in [-0.3, -0.25) is 0 Å². The van der Waals surface area contributed by atoms with Crippen LogP contribution in [-0.4, -0.2) is 26.5 Å². The molecule has 0 amide bonds. The molecule has 1 aromatic rings. The van der Waals surface area contributed by atoms with Gasteiger partial charge in [0.15, 0.2) is 0 Å². The maximum atomic E-state index is 11.9. The lowest BCUT2D eigenvalue weighted by atomic mass is 9.83. The van der Waals surface area contributed by atoms with Crippen LogP contribution in [0.1, 0.15) is 49.9 Å². The maximum Gasteiger partial charge on any atom is 0.150 e. The summed E-state index contributed by atoms with van der Waals surface area (Å²) in [5.74, 6) is 0.413. The average molecular weight is 394 g/mol. The van der Waals surface area contributed by atoms with Gasteiger partial charge in [0.1, 0.15) is 9.84 Å². The molecule has 2 rings (SSSR count). The molecule has 0 radical (unpaired) electrons. The Morgan fingerprint density at radius 3 is 2.81 bits per heavy atom. The fraction of sp³-hybridized carbons (Fsp3) is 0.733. The predicted molar refractivity (Wildman–Crippen MR) is 93.6 cm³/mol. The lowest BCUT2D eigenvalue weighted by Crippen LogP contribution is -2.35. The van der Waals surface area contributed by atoms with E-state index in [1.807, 2.05) is 0 Å². The van der Waals surface area contributed by atoms with Crippen molar-refractivity contribution < 1.29 is 8.42 Å². The van der Waals surface area contributed by atoms with E-state index in [0.717, 1.165) is 43.1 Å². The third-order valence-corrected chi connectivity index (χ3v) is 7.67. The van der Waals surface area contributed by atoms with Crippen molar-refractivity contribution in [3.05, 3.63) is 20.8 Å². The van der Waals surface area contributed by atoms with Gasteiger partial charge in [0, 0.05) is 27.0 Å². The molecule has 1 fully saturated rings. The Labute approximate surface area is 140 Å². The normalized spacial score (nSPS) is 24.9. The summed E-state index contributed by atoms with van der Waals surface area (Å²) < 4.78 is 24.9. The summed E-state index contributed by atoms with van der Waals surface area (Å²) in [5.41, 5.74) is 0. The molecule has 3 atom stereocenters. The lowest BCUT2D eigenvalue weighted by molar-refractivity contribution is 0.276. The summed E-state index contributed by atoms with van der Waals surface area (Å²) in [5, 5.41) is 5.58. The number of hydrogen-bond donors (Lipinski definition) is 1. The highest BCUT2D eigenvalue weighted by molar-refractivity contribution is 9.10. The third-order valence-electron chi connectivity index (χ3n) is 4.25. The Balaban J connectivity index is 2.16. The number of sulfone groups is 1. The molecule has 0 aromatic carbocycles. The zero-order valence-electron chi connectivity index (χ0n) is 12.6. The van der Waals surface area contributed by atoms with Crippen molar-refractivity contribution in [2.24, 2.45) is 5.92 Å². The van der Waals surface area contributed by atoms with Crippen LogP contribution in [0.15, 0.2) is 15.9 Å². The molecule has 0 saturated heterocycles. The van der Waals surface area contributed by atoms with Crippen molar-refractivity contribution >= 4 is 37.1 Å². The third kappa shape index (κ3) is 4.78. The molecule has 21 heavy (non-hydrogen) atoms. The van der Waals surface area contributed by atoms with Crippen molar-refractivity contribution in [3.63, 3.8) is 0 Å². The van der Waals surface area contributed by atoms with E-state index in [9.17, 15) is 8.42 Å². The summed E-state index contributed by atoms with van der Waals surface area (Å²) in [6, 6.07) is 2.45. The second-order valence-electron chi connectivity index (χ2n) is 5.98. The summed E-state index contributed by atoms with van der Waals surface area (Å²) in [6.45, 7) is 3.13. The Bertz CT molecular complexity index is 556. The van der Waals surface area contributed by atoms with Gasteiger partial charge in [-0.15, -0.1) is 11.3 Å². The van der Waals surface area contributed by atoms with Crippen molar-refractivity contribution in [2.45, 2.75) is 50.3 Å². The number of nitrogens with one attached hydrogen (secondary N) is 1. The summed E-state index contributed by atoms with van der Waals surface area (Å²) >= 11 is 5.27. The highest BCUT2D eigenvalue weighted by Crippen LogP contribution is 2.39. The second kappa shape index (κ2) is 7.57. The van der Waals surface area contributed by atoms with Gasteiger partial charge in [-0.1, -0.05) is 13.3 Å². The number of thiophene rings is 1. The van der Waals surface area contributed by atoms with Crippen molar-refractivity contribution in [3.8, 4) is 0 Å². The predicted octanol–water partition coefficient (Wildman–Crippen LogP) is 4.15. The van der Waals surface area contributed by atoms with Gasteiger partial charge in [-0.25, -0.2) is 8.42 Å². The van der Waals surface area contributed by atoms with E-state index < -0.39 is 9.84 Å². The largest absolute Gasteiger partial charge is 0.309 e. The molecular formula is C15H24BrNO2S2. The van der Waals surface area contributed by atoms with E-state index in [2.05, 4.69) is 39.6 Å². The van der Waals surface area contributed by atoms with Crippen LogP contribution in [0.25, 0.3) is 0 Å². The monoisotopic (exact) mass is 393 g/mol. The van der Waals surface area contributed by atoms with Gasteiger partial charge >= 0.3 is 0 Å². The van der Waals surface area contributed by atoms with Gasteiger partial charge in [0.25, 0.3) is 0 Å². The Morgan fingerprint density at radius 2 is 2.24 bits per heavy atom. The SMILES string of the molecule is CCCNC(c1cc(Br)cs1)C1CCCC(S(C)(=O)=O)C1. The van der Waals surface area contributed by atoms with Crippen molar-refractivity contribution in [1.82, 2.24) is 5.32 Å². The molecule has 3 unspecified atom stereocenters. The molecule has 3 nitrogen and oxygen atoms in total. The highest BCUT2D eigenvalue weighted by Gasteiger charge is 2.34. The topological polar surface area (TPSA) is 46.2 Å². The minimum Gasteiger partial charge on any atom is -0.309 e. The van der Waals surface area contributed by atoms with Gasteiger partial charge in [-0.2, -0.15) is 0 Å². The highest BCUT2D eigenvalue weighted by atomic mass is 79.9. The molecule has 1 heterocycles. The summed E-state index contributed by atoms with van der Waals surface area (Å²) in [4.78, 5) is 1.31. The maximum absolute atomic E-state index is 11.9. The summed E-state index contributed by atoms with van der Waals surface area (Å²) in [6.07, 6.45) is 6.21. The molecule has 1 aliphatic rings. The zero-order chi connectivity index (χ0) is 15.5. The molecule has 1 aromatic heterocycles. The van der Waals surface area contributed by atoms with Crippen LogP contribution < -0.4 is 5.32 Å². The molecule has 1 saturated carbocycles. The van der Waals surface area contributed by atoms with E-state index in [-0.39, 0.29) is 11.3 Å². The first-order valence-corrected chi connectivity index (χ1v) is 11.2. The molecular weight excluding hydrogens is 370 g/mol. The van der Waals surface area contributed by atoms with Gasteiger partial charge in [0.05, 0.1) is 5.25 Å². The lowest BCUT2D eigenvalue weighted by Gasteiger charge is -2.34. The number of hydrogen-bond acceptors (Lipinski definition) is 4. The Morgan fingerprint density at radius 1 is 1.48 bits per heavy atom. The molecule has 1 aliphatic carbocycles.